The third kappa shape index (κ3) is 3.32. The van der Waals surface area contributed by atoms with Gasteiger partial charge in [0.25, 0.3) is 0 Å². The summed E-state index contributed by atoms with van der Waals surface area (Å²) >= 11 is 0. The Kier molecular flexibility index (Phi) is 5.41. The maximum absolute atomic E-state index is 14.2. The molecule has 1 aromatic rings. The first-order chi connectivity index (χ1) is 9.65. The molecule has 0 amide bonds. The molecule has 1 aromatic carbocycles. The van der Waals surface area contributed by atoms with Gasteiger partial charge in [-0.25, -0.2) is 4.39 Å². The summed E-state index contributed by atoms with van der Waals surface area (Å²) in [7, 11) is 0. The smallest absolute Gasteiger partial charge is 0.129 e. The molecular formula is C17H27FN2. The molecule has 0 aromatic heterocycles. The Morgan fingerprint density at radius 1 is 1.35 bits per heavy atom. The van der Waals surface area contributed by atoms with E-state index in [1.807, 2.05) is 6.07 Å². The average Bonchev–Trinajstić information content (AvgIpc) is 2.44. The number of halogens is 1. The van der Waals surface area contributed by atoms with Crippen LogP contribution in [-0.4, -0.2) is 19.1 Å². The molecule has 0 saturated carbocycles. The zero-order valence-corrected chi connectivity index (χ0v) is 13.0. The number of hydrogen-bond donors (Lipinski definition) is 1. The lowest BCUT2D eigenvalue weighted by atomic mass is 9.91. The summed E-state index contributed by atoms with van der Waals surface area (Å²) in [6.07, 6.45) is 3.54. The molecule has 112 valence electrons. The van der Waals surface area contributed by atoms with Gasteiger partial charge in [0, 0.05) is 30.4 Å². The second-order valence-corrected chi connectivity index (χ2v) is 5.97. The maximum Gasteiger partial charge on any atom is 0.129 e. The van der Waals surface area contributed by atoms with Crippen LogP contribution < -0.4 is 10.2 Å². The van der Waals surface area contributed by atoms with E-state index in [0.29, 0.717) is 18.5 Å². The second-order valence-electron chi connectivity index (χ2n) is 5.97. The minimum Gasteiger partial charge on any atom is -0.368 e. The summed E-state index contributed by atoms with van der Waals surface area (Å²) in [6.45, 7) is 9.27. The van der Waals surface area contributed by atoms with Gasteiger partial charge in [0.2, 0.25) is 0 Å². The van der Waals surface area contributed by atoms with Gasteiger partial charge in [0.05, 0.1) is 0 Å². The van der Waals surface area contributed by atoms with E-state index in [2.05, 4.69) is 37.1 Å². The van der Waals surface area contributed by atoms with Crippen LogP contribution >= 0.6 is 0 Å². The van der Waals surface area contributed by atoms with Crippen molar-refractivity contribution in [2.24, 2.45) is 5.92 Å². The van der Waals surface area contributed by atoms with Gasteiger partial charge in [-0.15, -0.1) is 0 Å². The van der Waals surface area contributed by atoms with E-state index in [0.717, 1.165) is 30.8 Å². The summed E-state index contributed by atoms with van der Waals surface area (Å²) in [5.74, 6) is 0.583. The van der Waals surface area contributed by atoms with Crippen molar-refractivity contribution in [2.45, 2.75) is 52.6 Å². The fourth-order valence-electron chi connectivity index (χ4n) is 3.06. The summed E-state index contributed by atoms with van der Waals surface area (Å²) < 4.78 is 14.2. The SMILES string of the molecule is CCCNCc1c(F)cccc1N1CCCC(C)C1C. The summed E-state index contributed by atoms with van der Waals surface area (Å²) in [5.41, 5.74) is 1.90. The number of hydrogen-bond acceptors (Lipinski definition) is 2. The van der Waals surface area contributed by atoms with E-state index in [-0.39, 0.29) is 5.82 Å². The first-order valence-corrected chi connectivity index (χ1v) is 7.90. The van der Waals surface area contributed by atoms with Gasteiger partial charge in [0.1, 0.15) is 5.82 Å². The molecule has 0 spiro atoms. The first-order valence-electron chi connectivity index (χ1n) is 7.90. The van der Waals surface area contributed by atoms with E-state index in [1.165, 1.54) is 12.8 Å². The number of anilines is 1. The van der Waals surface area contributed by atoms with Crippen LogP contribution in [-0.2, 0) is 6.54 Å². The van der Waals surface area contributed by atoms with Crippen molar-refractivity contribution < 1.29 is 4.39 Å². The Balaban J connectivity index is 2.23. The zero-order chi connectivity index (χ0) is 14.5. The first kappa shape index (κ1) is 15.3. The lowest BCUT2D eigenvalue weighted by Gasteiger charge is -2.40. The fraction of sp³-hybridized carbons (Fsp3) is 0.647. The van der Waals surface area contributed by atoms with Crippen LogP contribution in [0.4, 0.5) is 10.1 Å². The van der Waals surface area contributed by atoms with Gasteiger partial charge in [-0.2, -0.15) is 0 Å². The number of piperidine rings is 1. The summed E-state index contributed by atoms with van der Waals surface area (Å²) in [5, 5.41) is 3.33. The van der Waals surface area contributed by atoms with Crippen LogP contribution in [0.25, 0.3) is 0 Å². The summed E-state index contributed by atoms with van der Waals surface area (Å²) in [6, 6.07) is 5.96. The van der Waals surface area contributed by atoms with Gasteiger partial charge < -0.3 is 10.2 Å². The van der Waals surface area contributed by atoms with Crippen molar-refractivity contribution in [3.05, 3.63) is 29.6 Å². The molecule has 1 saturated heterocycles. The summed E-state index contributed by atoms with van der Waals surface area (Å²) in [4.78, 5) is 2.39. The molecule has 1 aliphatic heterocycles. The molecule has 0 bridgehead atoms. The number of nitrogens with one attached hydrogen (secondary N) is 1. The average molecular weight is 278 g/mol. The Labute approximate surface area is 122 Å². The number of benzene rings is 1. The van der Waals surface area contributed by atoms with Crippen LogP contribution in [0.3, 0.4) is 0 Å². The van der Waals surface area contributed by atoms with Crippen molar-refractivity contribution in [3.63, 3.8) is 0 Å². The highest BCUT2D eigenvalue weighted by Crippen LogP contribution is 2.31. The Morgan fingerprint density at radius 2 is 2.15 bits per heavy atom. The van der Waals surface area contributed by atoms with Gasteiger partial charge >= 0.3 is 0 Å². The van der Waals surface area contributed by atoms with Crippen LogP contribution in [0.1, 0.15) is 45.6 Å². The van der Waals surface area contributed by atoms with Crippen LogP contribution in [0, 0.1) is 11.7 Å². The molecule has 20 heavy (non-hydrogen) atoms. The second kappa shape index (κ2) is 7.07. The van der Waals surface area contributed by atoms with Crippen molar-refractivity contribution in [1.82, 2.24) is 5.32 Å². The molecule has 2 atom stereocenters. The molecule has 0 radical (unpaired) electrons. The van der Waals surface area contributed by atoms with Crippen LogP contribution in [0.15, 0.2) is 18.2 Å². The Bertz CT molecular complexity index is 433. The van der Waals surface area contributed by atoms with Crippen LogP contribution in [0.2, 0.25) is 0 Å². The van der Waals surface area contributed by atoms with Gasteiger partial charge in [-0.3, -0.25) is 0 Å². The van der Waals surface area contributed by atoms with Crippen LogP contribution in [0.5, 0.6) is 0 Å². The highest BCUT2D eigenvalue weighted by atomic mass is 19.1. The molecular weight excluding hydrogens is 251 g/mol. The molecule has 1 aliphatic rings. The van der Waals surface area contributed by atoms with Crippen molar-refractivity contribution in [1.29, 1.82) is 0 Å². The van der Waals surface area contributed by atoms with Gasteiger partial charge in [-0.1, -0.05) is 19.9 Å². The van der Waals surface area contributed by atoms with Crippen molar-refractivity contribution in [2.75, 3.05) is 18.0 Å². The molecule has 1 heterocycles. The van der Waals surface area contributed by atoms with E-state index >= 15 is 0 Å². The van der Waals surface area contributed by atoms with E-state index in [9.17, 15) is 4.39 Å². The van der Waals surface area contributed by atoms with Crippen molar-refractivity contribution in [3.8, 4) is 0 Å². The molecule has 2 unspecified atom stereocenters. The lowest BCUT2D eigenvalue weighted by molar-refractivity contribution is 0.362. The predicted molar refractivity (Wildman–Crippen MR) is 83.6 cm³/mol. The standard InChI is InChI=1S/C17H27FN2/c1-4-10-19-12-15-16(18)8-5-9-17(15)20-11-6-7-13(2)14(20)3/h5,8-9,13-14,19H,4,6-7,10-12H2,1-3H3. The molecule has 3 heteroatoms. The Hall–Kier alpha value is -1.09. The third-order valence-corrected chi connectivity index (χ3v) is 4.51. The predicted octanol–water partition coefficient (Wildman–Crippen LogP) is 3.95. The quantitative estimate of drug-likeness (QED) is 0.820. The lowest BCUT2D eigenvalue weighted by Crippen LogP contribution is -2.43. The third-order valence-electron chi connectivity index (χ3n) is 4.51. The molecule has 2 rings (SSSR count). The molecule has 1 N–H and O–H groups in total. The zero-order valence-electron chi connectivity index (χ0n) is 13.0. The normalized spacial score (nSPS) is 23.1. The van der Waals surface area contributed by atoms with E-state index < -0.39 is 0 Å². The molecule has 2 nitrogen and oxygen atoms in total. The molecule has 1 fully saturated rings. The highest BCUT2D eigenvalue weighted by molar-refractivity contribution is 5.55. The van der Waals surface area contributed by atoms with E-state index in [1.54, 1.807) is 6.07 Å². The van der Waals surface area contributed by atoms with Gasteiger partial charge in [-0.05, 0) is 50.8 Å². The number of rotatable bonds is 5. The fourth-order valence-corrected chi connectivity index (χ4v) is 3.06. The minimum atomic E-state index is -0.0865. The van der Waals surface area contributed by atoms with Crippen molar-refractivity contribution >= 4 is 5.69 Å². The highest BCUT2D eigenvalue weighted by Gasteiger charge is 2.26. The number of nitrogens with zero attached hydrogens (tertiary/aromatic N) is 1. The Morgan fingerprint density at radius 3 is 2.90 bits per heavy atom. The monoisotopic (exact) mass is 278 g/mol. The van der Waals surface area contributed by atoms with Gasteiger partial charge in [0.15, 0.2) is 0 Å². The minimum absolute atomic E-state index is 0.0865. The van der Waals surface area contributed by atoms with E-state index in [4.69, 9.17) is 0 Å². The topological polar surface area (TPSA) is 15.3 Å². The maximum atomic E-state index is 14.2. The largest absolute Gasteiger partial charge is 0.368 e. The molecule has 0 aliphatic carbocycles.